The average Bonchev–Trinajstić information content (AvgIpc) is 2.56. The lowest BCUT2D eigenvalue weighted by molar-refractivity contribution is -0.120. The van der Waals surface area contributed by atoms with Gasteiger partial charge in [-0.25, -0.2) is 4.39 Å². The summed E-state index contributed by atoms with van der Waals surface area (Å²) in [7, 11) is 1.39. The molecule has 0 spiro atoms. The van der Waals surface area contributed by atoms with Crippen LogP contribution in [0.15, 0.2) is 48.5 Å². The number of carbonyl (C=O) groups is 2. The van der Waals surface area contributed by atoms with Crippen LogP contribution in [0.4, 0.5) is 10.1 Å². The third kappa shape index (κ3) is 4.17. The van der Waals surface area contributed by atoms with Crippen LogP contribution in [0, 0.1) is 5.82 Å². The summed E-state index contributed by atoms with van der Waals surface area (Å²) in [4.78, 5) is 23.8. The number of rotatable bonds is 5. The molecule has 0 saturated carbocycles. The van der Waals surface area contributed by atoms with Crippen molar-refractivity contribution < 1.29 is 19.1 Å². The smallest absolute Gasteiger partial charge is 0.254 e. The second-order valence-corrected chi connectivity index (χ2v) is 5.64. The van der Waals surface area contributed by atoms with Crippen molar-refractivity contribution in [3.63, 3.8) is 0 Å². The molecule has 0 unspecified atom stereocenters. The van der Waals surface area contributed by atoms with Crippen molar-refractivity contribution in [3.05, 3.63) is 65.5 Å². The zero-order valence-electron chi connectivity index (χ0n) is 13.5. The Balaban J connectivity index is 2.11. The summed E-state index contributed by atoms with van der Waals surface area (Å²) in [5.41, 5.74) is -0.603. The number of hydrogen-bond acceptors (Lipinski definition) is 3. The van der Waals surface area contributed by atoms with Gasteiger partial charge in [-0.3, -0.25) is 9.59 Å². The van der Waals surface area contributed by atoms with E-state index in [1.807, 2.05) is 6.07 Å². The van der Waals surface area contributed by atoms with Crippen LogP contribution in [0.2, 0.25) is 0 Å². The van der Waals surface area contributed by atoms with Crippen molar-refractivity contribution in [2.45, 2.75) is 18.9 Å². The van der Waals surface area contributed by atoms with E-state index in [2.05, 4.69) is 10.6 Å². The molecule has 2 rings (SSSR count). The second kappa shape index (κ2) is 7.23. The monoisotopic (exact) mass is 330 g/mol. The van der Waals surface area contributed by atoms with Gasteiger partial charge in [-0.15, -0.1) is 0 Å². The highest BCUT2D eigenvalue weighted by Crippen LogP contribution is 2.25. The average molecular weight is 330 g/mol. The van der Waals surface area contributed by atoms with Crippen LogP contribution in [-0.4, -0.2) is 24.0 Å². The van der Waals surface area contributed by atoms with Crippen molar-refractivity contribution in [2.75, 3.05) is 12.4 Å². The lowest BCUT2D eigenvalue weighted by Crippen LogP contribution is -2.28. The molecule has 0 aromatic heterocycles. The molecular formula is C18H19FN2O3. The molecule has 5 nitrogen and oxygen atoms in total. The van der Waals surface area contributed by atoms with Gasteiger partial charge in [-0.1, -0.05) is 30.3 Å². The Labute approximate surface area is 139 Å². The molecule has 126 valence electrons. The Bertz CT molecular complexity index is 745. The lowest BCUT2D eigenvalue weighted by atomic mass is 9.92. The van der Waals surface area contributed by atoms with Gasteiger partial charge in [0.15, 0.2) is 0 Å². The predicted octanol–water partition coefficient (Wildman–Crippen LogP) is 2.42. The number of nitrogens with one attached hydrogen (secondary N) is 2. The first kappa shape index (κ1) is 17.6. The predicted molar refractivity (Wildman–Crippen MR) is 89.0 cm³/mol. The minimum Gasteiger partial charge on any atom is -0.385 e. The topological polar surface area (TPSA) is 78.4 Å². The number of halogens is 1. The fraction of sp³-hybridized carbons (Fsp3) is 0.222. The van der Waals surface area contributed by atoms with Crippen LogP contribution in [0.5, 0.6) is 0 Å². The molecular weight excluding hydrogens is 311 g/mol. The summed E-state index contributed by atoms with van der Waals surface area (Å²) in [6.07, 6.45) is -0.177. The maximum atomic E-state index is 13.6. The van der Waals surface area contributed by atoms with E-state index in [-0.39, 0.29) is 17.7 Å². The maximum Gasteiger partial charge on any atom is 0.254 e. The normalized spacial score (nSPS) is 13.0. The SMILES string of the molecule is CNC(=O)c1cc(NC(=O)C[C@@](C)(O)c2ccccc2)ccc1F. The fourth-order valence-corrected chi connectivity index (χ4v) is 2.33. The van der Waals surface area contributed by atoms with E-state index in [4.69, 9.17) is 0 Å². The Morgan fingerprint density at radius 2 is 1.83 bits per heavy atom. The van der Waals surface area contributed by atoms with Gasteiger partial charge in [-0.05, 0) is 30.7 Å². The second-order valence-electron chi connectivity index (χ2n) is 5.64. The van der Waals surface area contributed by atoms with Crippen molar-refractivity contribution >= 4 is 17.5 Å². The van der Waals surface area contributed by atoms with Crippen molar-refractivity contribution in [1.29, 1.82) is 0 Å². The molecule has 0 fully saturated rings. The van der Waals surface area contributed by atoms with E-state index >= 15 is 0 Å². The highest BCUT2D eigenvalue weighted by atomic mass is 19.1. The molecule has 6 heteroatoms. The van der Waals surface area contributed by atoms with E-state index in [1.165, 1.54) is 19.2 Å². The zero-order valence-corrected chi connectivity index (χ0v) is 13.5. The first-order valence-electron chi connectivity index (χ1n) is 7.43. The van der Waals surface area contributed by atoms with Gasteiger partial charge in [0.2, 0.25) is 5.91 Å². The molecule has 2 aromatic carbocycles. The summed E-state index contributed by atoms with van der Waals surface area (Å²) in [5, 5.41) is 15.4. The number of benzene rings is 2. The van der Waals surface area contributed by atoms with E-state index < -0.39 is 23.2 Å². The van der Waals surface area contributed by atoms with Crippen LogP contribution < -0.4 is 10.6 Å². The molecule has 0 aliphatic heterocycles. The van der Waals surface area contributed by atoms with Crippen molar-refractivity contribution in [3.8, 4) is 0 Å². The fourth-order valence-electron chi connectivity index (χ4n) is 2.33. The first-order chi connectivity index (χ1) is 11.3. The molecule has 0 bridgehead atoms. The minimum absolute atomic E-state index is 0.162. The lowest BCUT2D eigenvalue weighted by Gasteiger charge is -2.23. The molecule has 0 aliphatic rings. The van der Waals surface area contributed by atoms with E-state index in [0.29, 0.717) is 5.56 Å². The third-order valence-corrected chi connectivity index (χ3v) is 3.62. The number of aliphatic hydroxyl groups is 1. The largest absolute Gasteiger partial charge is 0.385 e. The number of anilines is 1. The van der Waals surface area contributed by atoms with Crippen LogP contribution in [0.1, 0.15) is 29.3 Å². The van der Waals surface area contributed by atoms with Gasteiger partial charge in [0.25, 0.3) is 5.91 Å². The molecule has 0 radical (unpaired) electrons. The van der Waals surface area contributed by atoms with Crippen molar-refractivity contribution in [1.82, 2.24) is 5.32 Å². The molecule has 0 saturated heterocycles. The first-order valence-corrected chi connectivity index (χ1v) is 7.43. The summed E-state index contributed by atoms with van der Waals surface area (Å²) in [6, 6.07) is 12.5. The highest BCUT2D eigenvalue weighted by Gasteiger charge is 2.26. The zero-order chi connectivity index (χ0) is 17.7. The molecule has 3 N–H and O–H groups in total. The van der Waals surface area contributed by atoms with E-state index in [0.717, 1.165) is 6.07 Å². The molecule has 0 aliphatic carbocycles. The molecule has 0 heterocycles. The Morgan fingerprint density at radius 1 is 1.17 bits per heavy atom. The van der Waals surface area contributed by atoms with Gasteiger partial charge in [0, 0.05) is 12.7 Å². The molecule has 2 aromatic rings. The van der Waals surface area contributed by atoms with Gasteiger partial charge in [0.1, 0.15) is 5.82 Å². The number of amides is 2. The van der Waals surface area contributed by atoms with Crippen molar-refractivity contribution in [2.24, 2.45) is 0 Å². The van der Waals surface area contributed by atoms with Gasteiger partial charge >= 0.3 is 0 Å². The Morgan fingerprint density at radius 3 is 2.46 bits per heavy atom. The molecule has 1 atom stereocenters. The Kier molecular flexibility index (Phi) is 5.31. The third-order valence-electron chi connectivity index (χ3n) is 3.62. The molecule has 2 amide bonds. The number of hydrogen-bond donors (Lipinski definition) is 3. The maximum absolute atomic E-state index is 13.6. The highest BCUT2D eigenvalue weighted by molar-refractivity contribution is 5.97. The van der Waals surface area contributed by atoms with Crippen LogP contribution in [-0.2, 0) is 10.4 Å². The Hall–Kier alpha value is -2.73. The van der Waals surface area contributed by atoms with Crippen LogP contribution >= 0.6 is 0 Å². The summed E-state index contributed by atoms with van der Waals surface area (Å²) in [6.45, 7) is 1.54. The van der Waals surface area contributed by atoms with Gasteiger partial charge in [-0.2, -0.15) is 0 Å². The quantitative estimate of drug-likeness (QED) is 0.788. The van der Waals surface area contributed by atoms with Gasteiger partial charge < -0.3 is 15.7 Å². The summed E-state index contributed by atoms with van der Waals surface area (Å²) >= 11 is 0. The van der Waals surface area contributed by atoms with E-state index in [1.54, 1.807) is 31.2 Å². The van der Waals surface area contributed by atoms with Crippen LogP contribution in [0.25, 0.3) is 0 Å². The standard InChI is InChI=1S/C18H19FN2O3/c1-18(24,12-6-4-3-5-7-12)11-16(22)21-13-8-9-15(19)14(10-13)17(23)20-2/h3-10,24H,11H2,1-2H3,(H,20,23)(H,21,22)/t18-/m1/s1. The minimum atomic E-state index is -1.34. The van der Waals surface area contributed by atoms with Crippen LogP contribution in [0.3, 0.4) is 0 Å². The summed E-state index contributed by atoms with van der Waals surface area (Å²) in [5.74, 6) is -1.71. The molecule has 24 heavy (non-hydrogen) atoms. The summed E-state index contributed by atoms with van der Waals surface area (Å²) < 4.78 is 13.6. The van der Waals surface area contributed by atoms with Gasteiger partial charge in [0.05, 0.1) is 17.6 Å². The number of carbonyl (C=O) groups excluding carboxylic acids is 2. The van der Waals surface area contributed by atoms with E-state index in [9.17, 15) is 19.1 Å².